The second-order valence-corrected chi connectivity index (χ2v) is 7.17. The van der Waals surface area contributed by atoms with Crippen LogP contribution in [0.4, 0.5) is 11.4 Å². The number of amides is 1. The van der Waals surface area contributed by atoms with E-state index in [0.29, 0.717) is 12.8 Å². The van der Waals surface area contributed by atoms with Gasteiger partial charge in [-0.25, -0.2) is 0 Å². The maximum absolute atomic E-state index is 12.4. The number of benzene rings is 2. The van der Waals surface area contributed by atoms with Gasteiger partial charge in [-0.2, -0.15) is 0 Å². The number of hydrogen-bond donors (Lipinski definition) is 1. The molecule has 5 nitrogen and oxygen atoms in total. The largest absolute Gasteiger partial charge is 0.497 e. The topological polar surface area (TPSA) is 50.8 Å². The first-order chi connectivity index (χ1) is 13.7. The lowest BCUT2D eigenvalue weighted by molar-refractivity contribution is -0.116. The number of methoxy groups -OCH3 is 2. The number of nitrogens with one attached hydrogen (secondary N) is 1. The molecular weight excluding hydrogens is 352 g/mol. The van der Waals surface area contributed by atoms with E-state index < -0.39 is 0 Å². The van der Waals surface area contributed by atoms with E-state index in [0.717, 1.165) is 35.8 Å². The van der Waals surface area contributed by atoms with Gasteiger partial charge in [-0.05, 0) is 67.3 Å². The van der Waals surface area contributed by atoms with Crippen LogP contribution in [0.15, 0.2) is 42.5 Å². The fourth-order valence-electron chi connectivity index (χ4n) is 3.63. The van der Waals surface area contributed by atoms with Gasteiger partial charge in [-0.1, -0.05) is 12.8 Å². The van der Waals surface area contributed by atoms with Crippen LogP contribution < -0.4 is 19.7 Å². The Morgan fingerprint density at radius 2 is 1.68 bits per heavy atom. The Bertz CT molecular complexity index is 766. The highest BCUT2D eigenvalue weighted by atomic mass is 16.5. The van der Waals surface area contributed by atoms with Crippen molar-refractivity contribution < 1.29 is 14.3 Å². The summed E-state index contributed by atoms with van der Waals surface area (Å²) in [6.07, 6.45) is 6.14. The third-order valence-corrected chi connectivity index (χ3v) is 5.23. The Balaban J connectivity index is 1.55. The maximum atomic E-state index is 12.4. The first-order valence-corrected chi connectivity index (χ1v) is 10.1. The van der Waals surface area contributed by atoms with Crippen molar-refractivity contribution in [1.29, 1.82) is 0 Å². The van der Waals surface area contributed by atoms with Gasteiger partial charge < -0.3 is 19.7 Å². The van der Waals surface area contributed by atoms with Gasteiger partial charge in [0, 0.05) is 30.9 Å². The van der Waals surface area contributed by atoms with Crippen LogP contribution in [0.25, 0.3) is 0 Å². The molecular formula is C23H30N2O3. The molecule has 2 aromatic rings. The Hall–Kier alpha value is -2.69. The molecule has 0 saturated carbocycles. The summed E-state index contributed by atoms with van der Waals surface area (Å²) in [6, 6.07) is 13.8. The van der Waals surface area contributed by atoms with Gasteiger partial charge in [0.1, 0.15) is 11.5 Å². The summed E-state index contributed by atoms with van der Waals surface area (Å²) < 4.78 is 10.6. The third kappa shape index (κ3) is 5.41. The Labute approximate surface area is 167 Å². The van der Waals surface area contributed by atoms with E-state index >= 15 is 0 Å². The number of carbonyl (C=O) groups is 1. The highest BCUT2D eigenvalue weighted by Gasteiger charge is 2.11. The minimum absolute atomic E-state index is 0.00704. The molecule has 2 aromatic carbocycles. The molecule has 0 bridgehead atoms. The minimum Gasteiger partial charge on any atom is -0.497 e. The number of hydrogen-bond acceptors (Lipinski definition) is 4. The van der Waals surface area contributed by atoms with Crippen molar-refractivity contribution >= 4 is 17.3 Å². The molecule has 28 heavy (non-hydrogen) atoms. The average Bonchev–Trinajstić information content (AvgIpc) is 3.02. The molecule has 150 valence electrons. The van der Waals surface area contributed by atoms with Crippen molar-refractivity contribution in [2.45, 2.75) is 38.5 Å². The van der Waals surface area contributed by atoms with E-state index in [-0.39, 0.29) is 5.91 Å². The highest BCUT2D eigenvalue weighted by molar-refractivity contribution is 5.91. The summed E-state index contributed by atoms with van der Waals surface area (Å²) in [5.74, 6) is 1.53. The lowest BCUT2D eigenvalue weighted by Gasteiger charge is -2.22. The fraction of sp³-hybridized carbons (Fsp3) is 0.435. The molecule has 1 aliphatic rings. The number of carbonyl (C=O) groups excluding carboxylic acids is 1. The van der Waals surface area contributed by atoms with Crippen LogP contribution in [0, 0.1) is 0 Å². The summed E-state index contributed by atoms with van der Waals surface area (Å²) in [5, 5.41) is 2.99. The zero-order valence-corrected chi connectivity index (χ0v) is 16.9. The van der Waals surface area contributed by atoms with Gasteiger partial charge in [0.2, 0.25) is 5.91 Å². The molecule has 3 rings (SSSR count). The molecule has 1 aliphatic heterocycles. The first-order valence-electron chi connectivity index (χ1n) is 10.1. The first kappa shape index (κ1) is 20.1. The molecule has 0 aliphatic carbocycles. The van der Waals surface area contributed by atoms with Crippen LogP contribution in [-0.4, -0.2) is 33.2 Å². The number of anilines is 2. The van der Waals surface area contributed by atoms with Gasteiger partial charge in [-0.15, -0.1) is 0 Å². The fourth-order valence-corrected chi connectivity index (χ4v) is 3.63. The number of aryl methyl sites for hydroxylation is 1. The smallest absolute Gasteiger partial charge is 0.224 e. The maximum Gasteiger partial charge on any atom is 0.224 e. The van der Waals surface area contributed by atoms with Gasteiger partial charge in [-0.3, -0.25) is 4.79 Å². The van der Waals surface area contributed by atoms with Crippen LogP contribution in [0.1, 0.15) is 37.7 Å². The molecule has 0 radical (unpaired) electrons. The van der Waals surface area contributed by atoms with E-state index in [9.17, 15) is 4.79 Å². The van der Waals surface area contributed by atoms with E-state index in [1.54, 1.807) is 14.2 Å². The molecule has 1 saturated heterocycles. The summed E-state index contributed by atoms with van der Waals surface area (Å²) in [6.45, 7) is 2.24. The predicted molar refractivity (Wildman–Crippen MR) is 114 cm³/mol. The van der Waals surface area contributed by atoms with Gasteiger partial charge >= 0.3 is 0 Å². The molecule has 1 fully saturated rings. The van der Waals surface area contributed by atoms with Crippen LogP contribution in [-0.2, 0) is 11.2 Å². The second kappa shape index (κ2) is 10.0. The molecule has 0 spiro atoms. The number of ether oxygens (including phenoxy) is 2. The van der Waals surface area contributed by atoms with E-state index in [1.807, 2.05) is 30.3 Å². The van der Waals surface area contributed by atoms with Crippen LogP contribution in [0.5, 0.6) is 11.5 Å². The Kier molecular flexibility index (Phi) is 7.18. The minimum atomic E-state index is -0.00704. The monoisotopic (exact) mass is 382 g/mol. The normalized spacial score (nSPS) is 14.3. The lowest BCUT2D eigenvalue weighted by atomic mass is 10.1. The lowest BCUT2D eigenvalue weighted by Crippen LogP contribution is -2.23. The Morgan fingerprint density at radius 1 is 0.964 bits per heavy atom. The number of rotatable bonds is 7. The van der Waals surface area contributed by atoms with Crippen LogP contribution >= 0.6 is 0 Å². The molecule has 1 heterocycles. The predicted octanol–water partition coefficient (Wildman–Crippen LogP) is 4.66. The highest BCUT2D eigenvalue weighted by Crippen LogP contribution is 2.25. The van der Waals surface area contributed by atoms with Crippen LogP contribution in [0.3, 0.4) is 0 Å². The Morgan fingerprint density at radius 3 is 2.32 bits per heavy atom. The molecule has 0 unspecified atom stereocenters. The quantitative estimate of drug-likeness (QED) is 0.757. The molecule has 1 amide bonds. The van der Waals surface area contributed by atoms with E-state index in [1.165, 1.54) is 31.4 Å². The molecule has 1 N–H and O–H groups in total. The summed E-state index contributed by atoms with van der Waals surface area (Å²) in [7, 11) is 3.27. The second-order valence-electron chi connectivity index (χ2n) is 7.17. The zero-order valence-electron chi connectivity index (χ0n) is 16.9. The van der Waals surface area contributed by atoms with Gasteiger partial charge in [0.15, 0.2) is 0 Å². The molecule has 0 atom stereocenters. The van der Waals surface area contributed by atoms with E-state index in [4.69, 9.17) is 9.47 Å². The van der Waals surface area contributed by atoms with Crippen LogP contribution in [0.2, 0.25) is 0 Å². The van der Waals surface area contributed by atoms with Crippen molar-refractivity contribution in [2.75, 3.05) is 37.5 Å². The summed E-state index contributed by atoms with van der Waals surface area (Å²) in [5.41, 5.74) is 3.04. The van der Waals surface area contributed by atoms with Gasteiger partial charge in [0.25, 0.3) is 0 Å². The van der Waals surface area contributed by atoms with E-state index in [2.05, 4.69) is 22.3 Å². The van der Waals surface area contributed by atoms with Crippen molar-refractivity contribution in [1.82, 2.24) is 0 Å². The van der Waals surface area contributed by atoms with Crippen molar-refractivity contribution in [3.63, 3.8) is 0 Å². The summed E-state index contributed by atoms with van der Waals surface area (Å²) >= 11 is 0. The molecule has 0 aromatic heterocycles. The molecule has 5 heteroatoms. The standard InChI is InChI=1S/C23H30N2O3/c1-27-21-12-13-22(28-2)18(17-21)7-14-23(26)24-19-8-10-20(11-9-19)25-15-5-3-4-6-16-25/h8-13,17H,3-7,14-16H2,1-2H3,(H,24,26). The zero-order chi connectivity index (χ0) is 19.8. The average molecular weight is 383 g/mol. The van der Waals surface area contributed by atoms with Crippen molar-refractivity contribution in [2.24, 2.45) is 0 Å². The van der Waals surface area contributed by atoms with Crippen molar-refractivity contribution in [3.8, 4) is 11.5 Å². The third-order valence-electron chi connectivity index (χ3n) is 5.23. The summed E-state index contributed by atoms with van der Waals surface area (Å²) in [4.78, 5) is 14.8. The van der Waals surface area contributed by atoms with Gasteiger partial charge in [0.05, 0.1) is 14.2 Å². The number of nitrogens with zero attached hydrogens (tertiary/aromatic N) is 1. The SMILES string of the molecule is COc1ccc(OC)c(CCC(=O)Nc2ccc(N3CCCCCC3)cc2)c1. The van der Waals surface area contributed by atoms with Crippen molar-refractivity contribution in [3.05, 3.63) is 48.0 Å².